The summed E-state index contributed by atoms with van der Waals surface area (Å²) in [6, 6.07) is 0. The molecule has 1 N–H and O–H groups in total. The first-order valence-corrected chi connectivity index (χ1v) is 4.23. The second kappa shape index (κ2) is 4.03. The minimum absolute atomic E-state index is 0.0706. The summed E-state index contributed by atoms with van der Waals surface area (Å²) in [5.74, 6) is -0.483. The van der Waals surface area contributed by atoms with E-state index < -0.39 is 5.79 Å². The molecule has 1 aliphatic heterocycles. The molecule has 1 saturated heterocycles. The van der Waals surface area contributed by atoms with Gasteiger partial charge in [0, 0.05) is 6.42 Å². The molecule has 0 aromatic carbocycles. The summed E-state index contributed by atoms with van der Waals surface area (Å²) < 4.78 is 10.9. The first-order chi connectivity index (χ1) is 5.64. The Bertz CT molecular complexity index is 163. The number of hydrogen-bond donors (Lipinski definition) is 1. The van der Waals surface area contributed by atoms with Gasteiger partial charge < -0.3 is 14.6 Å². The van der Waals surface area contributed by atoms with Crippen molar-refractivity contribution >= 4 is 0 Å². The quantitative estimate of drug-likeness (QED) is 0.633. The molecule has 70 valence electrons. The zero-order valence-corrected chi connectivity index (χ0v) is 7.62. The van der Waals surface area contributed by atoms with Crippen molar-refractivity contribution < 1.29 is 14.6 Å². The van der Waals surface area contributed by atoms with E-state index in [9.17, 15) is 0 Å². The average Bonchev–Trinajstić information content (AvgIpc) is 1.99. The second-order valence-corrected chi connectivity index (χ2v) is 3.30. The van der Waals surface area contributed by atoms with Crippen LogP contribution in [0.25, 0.3) is 0 Å². The molecule has 0 spiro atoms. The second-order valence-electron chi connectivity index (χ2n) is 3.30. The molecule has 3 nitrogen and oxygen atoms in total. The summed E-state index contributed by atoms with van der Waals surface area (Å²) in [6.07, 6.45) is 4.52. The Balaban J connectivity index is 2.41. The number of aliphatic hydroxyl groups excluding tert-OH is 1. The summed E-state index contributed by atoms with van der Waals surface area (Å²) >= 11 is 0. The van der Waals surface area contributed by atoms with Crippen LogP contribution in [0.5, 0.6) is 0 Å². The van der Waals surface area contributed by atoms with Crippen molar-refractivity contribution in [3.8, 4) is 0 Å². The van der Waals surface area contributed by atoms with Gasteiger partial charge in [0.2, 0.25) is 0 Å². The number of ether oxygens (including phenoxy) is 2. The van der Waals surface area contributed by atoms with Crippen LogP contribution in [0.3, 0.4) is 0 Å². The molecule has 1 aliphatic rings. The molecule has 1 heterocycles. The van der Waals surface area contributed by atoms with Crippen molar-refractivity contribution in [2.24, 2.45) is 0 Å². The van der Waals surface area contributed by atoms with Gasteiger partial charge in [-0.2, -0.15) is 0 Å². The molecule has 0 aliphatic carbocycles. The number of rotatable bonds is 2. The molecule has 1 atom stereocenters. The Morgan fingerprint density at radius 2 is 2.33 bits per heavy atom. The molecule has 1 unspecified atom stereocenters. The van der Waals surface area contributed by atoms with E-state index >= 15 is 0 Å². The van der Waals surface area contributed by atoms with Gasteiger partial charge in [-0.15, -0.1) is 0 Å². The van der Waals surface area contributed by atoms with E-state index in [-0.39, 0.29) is 12.7 Å². The van der Waals surface area contributed by atoms with E-state index in [1.807, 2.05) is 19.9 Å². The van der Waals surface area contributed by atoms with Gasteiger partial charge in [0.1, 0.15) is 0 Å². The van der Waals surface area contributed by atoms with Crippen LogP contribution in [-0.2, 0) is 9.47 Å². The molecular formula is C9H16O3. The maximum atomic E-state index is 8.55. The lowest BCUT2D eigenvalue weighted by molar-refractivity contribution is -0.262. The Labute approximate surface area is 73.0 Å². The Morgan fingerprint density at radius 3 is 2.92 bits per heavy atom. The lowest BCUT2D eigenvalue weighted by atomic mass is 10.2. The van der Waals surface area contributed by atoms with Gasteiger partial charge in [-0.25, -0.2) is 0 Å². The van der Waals surface area contributed by atoms with E-state index in [0.29, 0.717) is 6.61 Å². The fourth-order valence-corrected chi connectivity index (χ4v) is 1.23. The van der Waals surface area contributed by atoms with E-state index in [1.165, 1.54) is 0 Å². The van der Waals surface area contributed by atoms with E-state index in [1.54, 1.807) is 6.08 Å². The Hall–Kier alpha value is -0.380. The highest BCUT2D eigenvalue weighted by Crippen LogP contribution is 2.22. The van der Waals surface area contributed by atoms with Gasteiger partial charge in [-0.05, 0) is 13.8 Å². The van der Waals surface area contributed by atoms with Gasteiger partial charge in [0.15, 0.2) is 5.79 Å². The molecule has 0 saturated carbocycles. The van der Waals surface area contributed by atoms with Crippen LogP contribution >= 0.6 is 0 Å². The van der Waals surface area contributed by atoms with Crippen LogP contribution in [-0.4, -0.2) is 30.2 Å². The smallest absolute Gasteiger partial charge is 0.163 e. The molecule has 0 radical (unpaired) electrons. The van der Waals surface area contributed by atoms with Gasteiger partial charge in [-0.3, -0.25) is 0 Å². The van der Waals surface area contributed by atoms with Crippen LogP contribution in [0.1, 0.15) is 20.3 Å². The largest absolute Gasteiger partial charge is 0.392 e. The Kier molecular flexibility index (Phi) is 3.26. The molecular weight excluding hydrogens is 156 g/mol. The molecule has 0 bridgehead atoms. The van der Waals surface area contributed by atoms with Gasteiger partial charge in [-0.1, -0.05) is 12.2 Å². The predicted octanol–water partition coefficient (Wildman–Crippen LogP) is 1.08. The zero-order chi connectivity index (χ0) is 9.03. The van der Waals surface area contributed by atoms with Gasteiger partial charge >= 0.3 is 0 Å². The SMILES string of the molecule is CC1(C)OCCC(/C=C\CO)O1. The predicted molar refractivity (Wildman–Crippen MR) is 45.7 cm³/mol. The van der Waals surface area contributed by atoms with Crippen molar-refractivity contribution in [2.45, 2.75) is 32.2 Å². The van der Waals surface area contributed by atoms with Crippen molar-refractivity contribution in [2.75, 3.05) is 13.2 Å². The third kappa shape index (κ3) is 2.93. The van der Waals surface area contributed by atoms with Crippen molar-refractivity contribution in [1.82, 2.24) is 0 Å². The van der Waals surface area contributed by atoms with Crippen molar-refractivity contribution in [3.63, 3.8) is 0 Å². The molecule has 3 heteroatoms. The summed E-state index contributed by atoms with van der Waals surface area (Å²) in [5, 5.41) is 8.55. The average molecular weight is 172 g/mol. The summed E-state index contributed by atoms with van der Waals surface area (Å²) in [6.45, 7) is 4.58. The first-order valence-electron chi connectivity index (χ1n) is 4.23. The highest BCUT2D eigenvalue weighted by atomic mass is 16.7. The fourth-order valence-electron chi connectivity index (χ4n) is 1.23. The summed E-state index contributed by atoms with van der Waals surface area (Å²) in [4.78, 5) is 0. The maximum Gasteiger partial charge on any atom is 0.163 e. The normalized spacial score (nSPS) is 29.4. The van der Waals surface area contributed by atoms with E-state index in [2.05, 4.69) is 0 Å². The van der Waals surface area contributed by atoms with Crippen LogP contribution in [0.15, 0.2) is 12.2 Å². The number of aliphatic hydroxyl groups is 1. The van der Waals surface area contributed by atoms with Crippen LogP contribution < -0.4 is 0 Å². The van der Waals surface area contributed by atoms with E-state index in [4.69, 9.17) is 14.6 Å². The van der Waals surface area contributed by atoms with Crippen molar-refractivity contribution in [1.29, 1.82) is 0 Å². The first kappa shape index (κ1) is 9.71. The van der Waals surface area contributed by atoms with Gasteiger partial charge in [0.05, 0.1) is 19.3 Å². The molecule has 0 aromatic rings. The van der Waals surface area contributed by atoms with Gasteiger partial charge in [0.25, 0.3) is 0 Å². The summed E-state index contributed by atoms with van der Waals surface area (Å²) in [7, 11) is 0. The monoisotopic (exact) mass is 172 g/mol. The standard InChI is InChI=1S/C9H16O3/c1-9(2)11-7-5-8(12-9)4-3-6-10/h3-4,8,10H,5-7H2,1-2H3/b4-3-. The van der Waals surface area contributed by atoms with Crippen LogP contribution in [0.2, 0.25) is 0 Å². The lowest BCUT2D eigenvalue weighted by Crippen LogP contribution is -2.38. The minimum Gasteiger partial charge on any atom is -0.392 e. The maximum absolute atomic E-state index is 8.55. The minimum atomic E-state index is -0.483. The third-order valence-corrected chi connectivity index (χ3v) is 1.74. The molecule has 0 aromatic heterocycles. The zero-order valence-electron chi connectivity index (χ0n) is 7.62. The van der Waals surface area contributed by atoms with Crippen LogP contribution in [0.4, 0.5) is 0 Å². The Morgan fingerprint density at radius 1 is 1.58 bits per heavy atom. The van der Waals surface area contributed by atoms with Crippen molar-refractivity contribution in [3.05, 3.63) is 12.2 Å². The third-order valence-electron chi connectivity index (χ3n) is 1.74. The molecule has 1 rings (SSSR count). The highest BCUT2D eigenvalue weighted by molar-refractivity contribution is 4.91. The summed E-state index contributed by atoms with van der Waals surface area (Å²) in [5.41, 5.74) is 0. The fraction of sp³-hybridized carbons (Fsp3) is 0.778. The van der Waals surface area contributed by atoms with Crippen LogP contribution in [0, 0.1) is 0 Å². The lowest BCUT2D eigenvalue weighted by Gasteiger charge is -2.34. The molecule has 0 amide bonds. The molecule has 12 heavy (non-hydrogen) atoms. The van der Waals surface area contributed by atoms with E-state index in [0.717, 1.165) is 6.42 Å². The topological polar surface area (TPSA) is 38.7 Å². The highest BCUT2D eigenvalue weighted by Gasteiger charge is 2.27. The number of hydrogen-bond acceptors (Lipinski definition) is 3. The molecule has 1 fully saturated rings.